The van der Waals surface area contributed by atoms with Crippen LogP contribution < -0.4 is 0 Å². The molecule has 2 aromatic rings. The van der Waals surface area contributed by atoms with Crippen molar-refractivity contribution in [3.63, 3.8) is 0 Å². The summed E-state index contributed by atoms with van der Waals surface area (Å²) in [7, 11) is 0. The summed E-state index contributed by atoms with van der Waals surface area (Å²) in [6.07, 6.45) is 10.9. The summed E-state index contributed by atoms with van der Waals surface area (Å²) >= 11 is 3.79. The van der Waals surface area contributed by atoms with Gasteiger partial charge in [-0.1, -0.05) is 59.1 Å². The zero-order valence-electron chi connectivity index (χ0n) is 12.4. The minimum atomic E-state index is 0.454. The minimum absolute atomic E-state index is 0.454. The van der Waals surface area contributed by atoms with Gasteiger partial charge >= 0.3 is 0 Å². The molecule has 1 aliphatic carbocycles. The lowest BCUT2D eigenvalue weighted by atomic mass is 10.1. The molecule has 3 heteroatoms. The van der Waals surface area contributed by atoms with E-state index in [9.17, 15) is 0 Å². The molecule has 1 atom stereocenters. The fraction of sp³-hybridized carbons (Fsp3) is 0.500. The van der Waals surface area contributed by atoms with Gasteiger partial charge in [0, 0.05) is 11.0 Å². The van der Waals surface area contributed by atoms with Crippen molar-refractivity contribution in [2.24, 2.45) is 0 Å². The number of halogens is 1. The second kappa shape index (κ2) is 7.26. The van der Waals surface area contributed by atoms with Gasteiger partial charge < -0.3 is 0 Å². The number of hydrogen-bond acceptors (Lipinski definition) is 1. The summed E-state index contributed by atoms with van der Waals surface area (Å²) in [6, 6.07) is 13.5. The summed E-state index contributed by atoms with van der Waals surface area (Å²) in [4.78, 5) is 0.454. The highest BCUT2D eigenvalue weighted by molar-refractivity contribution is 9.09. The van der Waals surface area contributed by atoms with E-state index in [2.05, 4.69) is 63.2 Å². The topological polar surface area (TPSA) is 17.8 Å². The maximum absolute atomic E-state index is 4.76. The highest BCUT2D eigenvalue weighted by Crippen LogP contribution is 2.30. The van der Waals surface area contributed by atoms with Crippen molar-refractivity contribution in [1.29, 1.82) is 0 Å². The molecule has 1 unspecified atom stereocenters. The molecule has 3 rings (SSSR count). The predicted octanol–water partition coefficient (Wildman–Crippen LogP) is 5.46. The molecular formula is C18H23BrN2. The van der Waals surface area contributed by atoms with E-state index in [-0.39, 0.29) is 0 Å². The first-order valence-corrected chi connectivity index (χ1v) is 8.97. The molecule has 1 aliphatic rings. The quantitative estimate of drug-likeness (QED) is 0.635. The molecule has 1 aromatic heterocycles. The summed E-state index contributed by atoms with van der Waals surface area (Å²) in [5, 5.41) is 4.76. The summed E-state index contributed by atoms with van der Waals surface area (Å²) in [5.41, 5.74) is 2.61. The molecule has 1 aromatic carbocycles. The van der Waals surface area contributed by atoms with E-state index in [1.54, 1.807) is 0 Å². The van der Waals surface area contributed by atoms with Crippen molar-refractivity contribution in [1.82, 2.24) is 9.78 Å². The Kier molecular flexibility index (Phi) is 5.13. The van der Waals surface area contributed by atoms with Gasteiger partial charge in [-0.2, -0.15) is 5.10 Å². The first-order valence-electron chi connectivity index (χ1n) is 8.06. The average Bonchev–Trinajstić information content (AvgIpc) is 3.19. The van der Waals surface area contributed by atoms with Gasteiger partial charge in [0.25, 0.3) is 0 Å². The van der Waals surface area contributed by atoms with Crippen LogP contribution in [0.1, 0.15) is 60.7 Å². The number of alkyl halides is 1. The maximum atomic E-state index is 4.76. The zero-order chi connectivity index (χ0) is 14.5. The Labute approximate surface area is 135 Å². The van der Waals surface area contributed by atoms with Crippen LogP contribution in [0.3, 0.4) is 0 Å². The highest BCUT2D eigenvalue weighted by atomic mass is 79.9. The number of hydrogen-bond donors (Lipinski definition) is 0. The summed E-state index contributed by atoms with van der Waals surface area (Å²) < 4.78 is 2.20. The first kappa shape index (κ1) is 14.8. The van der Waals surface area contributed by atoms with Gasteiger partial charge in [0.1, 0.15) is 0 Å². The fourth-order valence-electron chi connectivity index (χ4n) is 3.17. The molecule has 0 aliphatic heterocycles. The van der Waals surface area contributed by atoms with E-state index in [0.717, 1.165) is 12.8 Å². The van der Waals surface area contributed by atoms with Gasteiger partial charge in [-0.15, -0.1) is 0 Å². The highest BCUT2D eigenvalue weighted by Gasteiger charge is 2.17. The third-order valence-corrected chi connectivity index (χ3v) is 5.40. The van der Waals surface area contributed by atoms with Crippen LogP contribution in [0.15, 0.2) is 42.6 Å². The van der Waals surface area contributed by atoms with Crippen molar-refractivity contribution in [3.05, 3.63) is 53.9 Å². The van der Waals surface area contributed by atoms with Crippen LogP contribution in [0.25, 0.3) is 0 Å². The molecule has 1 fully saturated rings. The van der Waals surface area contributed by atoms with Gasteiger partial charge in [-0.05, 0) is 43.7 Å². The number of nitrogens with zero attached hydrogens (tertiary/aromatic N) is 2. The second-order valence-electron chi connectivity index (χ2n) is 6.00. The Morgan fingerprint density at radius 3 is 2.67 bits per heavy atom. The normalized spacial score (nSPS) is 17.2. The number of aromatic nitrogens is 2. The van der Waals surface area contributed by atoms with Crippen molar-refractivity contribution in [3.8, 4) is 0 Å². The minimum Gasteiger partial charge on any atom is -0.269 e. The standard InChI is InChI=1S/C18H23BrN2/c19-18(15-7-2-1-3-8-15)12-6-9-16-13-14-21(20-16)17-10-4-5-11-17/h1-3,7-8,13-14,17-18H,4-6,9-12H2. The molecule has 0 saturated heterocycles. The monoisotopic (exact) mass is 346 g/mol. The SMILES string of the molecule is BrC(CCCc1ccn(C2CCCC2)n1)c1ccccc1. The molecule has 1 saturated carbocycles. The first-order chi connectivity index (χ1) is 10.3. The summed E-state index contributed by atoms with van der Waals surface area (Å²) in [6.45, 7) is 0. The number of aryl methyl sites for hydroxylation is 1. The molecular weight excluding hydrogens is 324 g/mol. The van der Waals surface area contributed by atoms with Crippen LogP contribution in [-0.4, -0.2) is 9.78 Å². The number of benzene rings is 1. The van der Waals surface area contributed by atoms with Crippen LogP contribution in [0.5, 0.6) is 0 Å². The lowest BCUT2D eigenvalue weighted by molar-refractivity contribution is 0.462. The third-order valence-electron chi connectivity index (χ3n) is 4.41. The van der Waals surface area contributed by atoms with E-state index in [4.69, 9.17) is 5.10 Å². The van der Waals surface area contributed by atoms with Gasteiger partial charge in [0.2, 0.25) is 0 Å². The molecule has 0 amide bonds. The Balaban J connectivity index is 1.47. The molecule has 0 radical (unpaired) electrons. The fourth-order valence-corrected chi connectivity index (χ4v) is 3.80. The second-order valence-corrected chi connectivity index (χ2v) is 7.10. The molecule has 0 spiro atoms. The predicted molar refractivity (Wildman–Crippen MR) is 90.8 cm³/mol. The van der Waals surface area contributed by atoms with Crippen LogP contribution in [0, 0.1) is 0 Å². The van der Waals surface area contributed by atoms with E-state index in [0.29, 0.717) is 10.9 Å². The molecule has 0 bridgehead atoms. The van der Waals surface area contributed by atoms with Crippen LogP contribution in [-0.2, 0) is 6.42 Å². The van der Waals surface area contributed by atoms with Crippen molar-refractivity contribution < 1.29 is 0 Å². The number of rotatable bonds is 6. The van der Waals surface area contributed by atoms with E-state index in [1.807, 2.05) is 0 Å². The van der Waals surface area contributed by atoms with Gasteiger partial charge in [-0.3, -0.25) is 4.68 Å². The Hall–Kier alpha value is -1.09. The summed E-state index contributed by atoms with van der Waals surface area (Å²) in [5.74, 6) is 0. The Morgan fingerprint density at radius 1 is 1.14 bits per heavy atom. The van der Waals surface area contributed by atoms with Crippen LogP contribution in [0.4, 0.5) is 0 Å². The van der Waals surface area contributed by atoms with E-state index in [1.165, 1.54) is 43.4 Å². The van der Waals surface area contributed by atoms with E-state index < -0.39 is 0 Å². The van der Waals surface area contributed by atoms with Crippen molar-refractivity contribution in [2.45, 2.75) is 55.8 Å². The van der Waals surface area contributed by atoms with Gasteiger partial charge in [0.05, 0.1) is 11.7 Å². The molecule has 1 heterocycles. The van der Waals surface area contributed by atoms with Crippen molar-refractivity contribution >= 4 is 15.9 Å². The van der Waals surface area contributed by atoms with E-state index >= 15 is 0 Å². The molecule has 112 valence electrons. The lowest BCUT2D eigenvalue weighted by Gasteiger charge is -2.10. The average molecular weight is 347 g/mol. The van der Waals surface area contributed by atoms with Crippen LogP contribution in [0.2, 0.25) is 0 Å². The maximum Gasteiger partial charge on any atom is 0.0624 e. The third kappa shape index (κ3) is 3.97. The zero-order valence-corrected chi connectivity index (χ0v) is 14.0. The largest absolute Gasteiger partial charge is 0.269 e. The van der Waals surface area contributed by atoms with Crippen molar-refractivity contribution in [2.75, 3.05) is 0 Å². The smallest absolute Gasteiger partial charge is 0.0624 e. The molecule has 2 nitrogen and oxygen atoms in total. The van der Waals surface area contributed by atoms with Gasteiger partial charge in [0.15, 0.2) is 0 Å². The Bertz CT molecular complexity index is 543. The molecule has 21 heavy (non-hydrogen) atoms. The molecule has 0 N–H and O–H groups in total. The Morgan fingerprint density at radius 2 is 1.90 bits per heavy atom. The van der Waals surface area contributed by atoms with Gasteiger partial charge in [-0.25, -0.2) is 0 Å². The van der Waals surface area contributed by atoms with Crippen LogP contribution >= 0.6 is 15.9 Å². The lowest BCUT2D eigenvalue weighted by Crippen LogP contribution is -2.05.